The Balaban J connectivity index is 2.11. The van der Waals surface area contributed by atoms with E-state index >= 15 is 0 Å². The standard InChI is InChI=1S/C16H15BrClNO/c1-11-2-7-14(15(18)10-11)16(20)19-13-5-3-12(4-6-13)8-9-17/h2-7,10H,8-9H2,1H3,(H,19,20). The van der Waals surface area contributed by atoms with Crippen molar-refractivity contribution in [3.8, 4) is 0 Å². The third-order valence-electron chi connectivity index (χ3n) is 2.96. The lowest BCUT2D eigenvalue weighted by Gasteiger charge is -2.08. The number of hydrogen-bond acceptors (Lipinski definition) is 1. The molecule has 0 aliphatic rings. The summed E-state index contributed by atoms with van der Waals surface area (Å²) in [6.45, 7) is 1.94. The van der Waals surface area contributed by atoms with E-state index in [-0.39, 0.29) is 5.91 Å². The van der Waals surface area contributed by atoms with Crippen molar-refractivity contribution in [2.75, 3.05) is 10.6 Å². The van der Waals surface area contributed by atoms with Gasteiger partial charge in [-0.1, -0.05) is 45.7 Å². The highest BCUT2D eigenvalue weighted by Crippen LogP contribution is 2.19. The molecule has 104 valence electrons. The number of halogens is 2. The zero-order chi connectivity index (χ0) is 14.5. The van der Waals surface area contributed by atoms with Gasteiger partial charge in [-0.2, -0.15) is 0 Å². The van der Waals surface area contributed by atoms with Gasteiger partial charge in [0.1, 0.15) is 0 Å². The fourth-order valence-corrected chi connectivity index (χ4v) is 2.65. The quantitative estimate of drug-likeness (QED) is 0.784. The maximum absolute atomic E-state index is 12.2. The Kier molecular flexibility index (Phi) is 5.21. The molecule has 2 aromatic rings. The van der Waals surface area contributed by atoms with E-state index in [9.17, 15) is 4.79 Å². The van der Waals surface area contributed by atoms with Crippen LogP contribution in [0.5, 0.6) is 0 Å². The average molecular weight is 353 g/mol. The van der Waals surface area contributed by atoms with Crippen molar-refractivity contribution >= 4 is 39.1 Å². The van der Waals surface area contributed by atoms with Crippen LogP contribution in [0.1, 0.15) is 21.5 Å². The van der Waals surface area contributed by atoms with Gasteiger partial charge in [0.15, 0.2) is 0 Å². The molecule has 0 heterocycles. The minimum atomic E-state index is -0.191. The number of aryl methyl sites for hydroxylation is 2. The maximum atomic E-state index is 12.2. The molecule has 0 bridgehead atoms. The lowest BCUT2D eigenvalue weighted by molar-refractivity contribution is 0.102. The molecule has 0 aliphatic carbocycles. The SMILES string of the molecule is Cc1ccc(C(=O)Nc2ccc(CCBr)cc2)c(Cl)c1. The summed E-state index contributed by atoms with van der Waals surface area (Å²) in [5, 5.41) is 4.25. The van der Waals surface area contributed by atoms with Gasteiger partial charge in [-0.3, -0.25) is 4.79 Å². The van der Waals surface area contributed by atoms with E-state index in [4.69, 9.17) is 11.6 Å². The zero-order valence-electron chi connectivity index (χ0n) is 11.1. The highest BCUT2D eigenvalue weighted by atomic mass is 79.9. The molecule has 0 spiro atoms. The monoisotopic (exact) mass is 351 g/mol. The molecule has 0 atom stereocenters. The van der Waals surface area contributed by atoms with Gasteiger partial charge in [0.2, 0.25) is 0 Å². The maximum Gasteiger partial charge on any atom is 0.257 e. The lowest BCUT2D eigenvalue weighted by atomic mass is 10.1. The van der Waals surface area contributed by atoms with Crippen LogP contribution in [-0.4, -0.2) is 11.2 Å². The van der Waals surface area contributed by atoms with Crippen molar-refractivity contribution in [3.05, 3.63) is 64.2 Å². The third kappa shape index (κ3) is 3.84. The van der Waals surface area contributed by atoms with E-state index in [2.05, 4.69) is 21.2 Å². The predicted octanol–water partition coefficient (Wildman–Crippen LogP) is 4.84. The Bertz CT molecular complexity index is 610. The third-order valence-corrected chi connectivity index (χ3v) is 3.67. The first-order valence-corrected chi connectivity index (χ1v) is 7.82. The van der Waals surface area contributed by atoms with Crippen LogP contribution in [0.25, 0.3) is 0 Å². The fourth-order valence-electron chi connectivity index (χ4n) is 1.87. The summed E-state index contributed by atoms with van der Waals surface area (Å²) in [7, 11) is 0. The topological polar surface area (TPSA) is 29.1 Å². The van der Waals surface area contributed by atoms with Gasteiger partial charge < -0.3 is 5.32 Å². The summed E-state index contributed by atoms with van der Waals surface area (Å²) in [5.74, 6) is -0.191. The Morgan fingerprint density at radius 1 is 1.20 bits per heavy atom. The van der Waals surface area contributed by atoms with E-state index in [1.807, 2.05) is 37.3 Å². The molecule has 2 aromatic carbocycles. The molecule has 0 saturated carbocycles. The van der Waals surface area contributed by atoms with Crippen LogP contribution in [0, 0.1) is 6.92 Å². The van der Waals surface area contributed by atoms with E-state index in [1.54, 1.807) is 12.1 Å². The molecule has 0 fully saturated rings. The van der Waals surface area contributed by atoms with Crippen molar-refractivity contribution in [3.63, 3.8) is 0 Å². The zero-order valence-corrected chi connectivity index (χ0v) is 13.5. The number of anilines is 1. The Morgan fingerprint density at radius 2 is 1.90 bits per heavy atom. The molecule has 0 radical (unpaired) electrons. The largest absolute Gasteiger partial charge is 0.322 e. The number of carbonyl (C=O) groups is 1. The minimum Gasteiger partial charge on any atom is -0.322 e. The van der Waals surface area contributed by atoms with Crippen LogP contribution in [0.3, 0.4) is 0 Å². The number of rotatable bonds is 4. The smallest absolute Gasteiger partial charge is 0.257 e. The number of benzene rings is 2. The van der Waals surface area contributed by atoms with Crippen molar-refractivity contribution in [2.24, 2.45) is 0 Å². The van der Waals surface area contributed by atoms with E-state index in [0.717, 1.165) is 23.0 Å². The molecule has 4 heteroatoms. The first kappa shape index (κ1) is 15.1. The first-order chi connectivity index (χ1) is 9.60. The Labute approximate surface area is 132 Å². The van der Waals surface area contributed by atoms with Crippen LogP contribution < -0.4 is 5.32 Å². The second-order valence-corrected chi connectivity index (χ2v) is 5.77. The summed E-state index contributed by atoms with van der Waals surface area (Å²) in [5.41, 5.74) is 3.52. The predicted molar refractivity (Wildman–Crippen MR) is 88.1 cm³/mol. The van der Waals surface area contributed by atoms with Crippen LogP contribution in [0.2, 0.25) is 5.02 Å². The molecule has 0 saturated heterocycles. The van der Waals surface area contributed by atoms with Crippen LogP contribution in [0.15, 0.2) is 42.5 Å². The molecular weight excluding hydrogens is 338 g/mol. The van der Waals surface area contributed by atoms with E-state index in [0.29, 0.717) is 10.6 Å². The highest BCUT2D eigenvalue weighted by Gasteiger charge is 2.10. The van der Waals surface area contributed by atoms with E-state index < -0.39 is 0 Å². The number of nitrogens with one attached hydrogen (secondary N) is 1. The van der Waals surface area contributed by atoms with Gasteiger partial charge in [0.05, 0.1) is 10.6 Å². The number of alkyl halides is 1. The molecule has 2 nitrogen and oxygen atoms in total. The number of hydrogen-bond donors (Lipinski definition) is 1. The lowest BCUT2D eigenvalue weighted by Crippen LogP contribution is -2.12. The van der Waals surface area contributed by atoms with Gasteiger partial charge >= 0.3 is 0 Å². The van der Waals surface area contributed by atoms with Crippen molar-refractivity contribution < 1.29 is 4.79 Å². The average Bonchev–Trinajstić information content (AvgIpc) is 2.41. The molecule has 1 N–H and O–H groups in total. The summed E-state index contributed by atoms with van der Waals surface area (Å²) < 4.78 is 0. The molecule has 20 heavy (non-hydrogen) atoms. The number of amides is 1. The second kappa shape index (κ2) is 6.91. The summed E-state index contributed by atoms with van der Waals surface area (Å²) in [4.78, 5) is 12.2. The molecule has 0 unspecified atom stereocenters. The van der Waals surface area contributed by atoms with Crippen molar-refractivity contribution in [1.82, 2.24) is 0 Å². The van der Waals surface area contributed by atoms with Gasteiger partial charge in [-0.15, -0.1) is 0 Å². The second-order valence-electron chi connectivity index (χ2n) is 4.57. The minimum absolute atomic E-state index is 0.191. The normalized spacial score (nSPS) is 10.3. The molecule has 0 aromatic heterocycles. The number of carbonyl (C=O) groups excluding carboxylic acids is 1. The van der Waals surface area contributed by atoms with Crippen LogP contribution in [0.4, 0.5) is 5.69 Å². The molecule has 1 amide bonds. The van der Waals surface area contributed by atoms with Gasteiger partial charge in [0.25, 0.3) is 5.91 Å². The van der Waals surface area contributed by atoms with Crippen LogP contribution in [-0.2, 0) is 6.42 Å². The highest BCUT2D eigenvalue weighted by molar-refractivity contribution is 9.09. The van der Waals surface area contributed by atoms with Crippen LogP contribution >= 0.6 is 27.5 Å². The van der Waals surface area contributed by atoms with E-state index in [1.165, 1.54) is 5.56 Å². The molecule has 2 rings (SSSR count). The Morgan fingerprint density at radius 3 is 2.50 bits per heavy atom. The Hall–Kier alpha value is -1.32. The first-order valence-electron chi connectivity index (χ1n) is 6.32. The molecule has 0 aliphatic heterocycles. The van der Waals surface area contributed by atoms with Crippen molar-refractivity contribution in [2.45, 2.75) is 13.3 Å². The molecular formula is C16H15BrClNO. The van der Waals surface area contributed by atoms with Gasteiger partial charge in [-0.25, -0.2) is 0 Å². The van der Waals surface area contributed by atoms with Crippen molar-refractivity contribution in [1.29, 1.82) is 0 Å². The van der Waals surface area contributed by atoms with Gasteiger partial charge in [-0.05, 0) is 48.7 Å². The fraction of sp³-hybridized carbons (Fsp3) is 0.188. The van der Waals surface area contributed by atoms with Gasteiger partial charge in [0, 0.05) is 11.0 Å². The summed E-state index contributed by atoms with van der Waals surface area (Å²) >= 11 is 9.50. The summed E-state index contributed by atoms with van der Waals surface area (Å²) in [6.07, 6.45) is 0.970. The summed E-state index contributed by atoms with van der Waals surface area (Å²) in [6, 6.07) is 13.2.